The summed E-state index contributed by atoms with van der Waals surface area (Å²) in [5.74, 6) is -0.338. The lowest BCUT2D eigenvalue weighted by Gasteiger charge is -2.17. The standard InChI is InChI=1S/C17H19ClN4O3/c1-21-10-14(18)15(20-21)16(23)19-13-7-8-22(9-13)17(24)25-11-12-5-3-2-4-6-12/h2-6,10,13H,7-9,11H2,1H3,(H,19,23)/t13-/m1/s1. The number of likely N-dealkylation sites (tertiary alicyclic amines) is 1. The molecular formula is C17H19ClN4O3. The maximum absolute atomic E-state index is 12.2. The Morgan fingerprint density at radius 3 is 2.80 bits per heavy atom. The van der Waals surface area contributed by atoms with Crippen molar-refractivity contribution in [1.29, 1.82) is 0 Å². The molecule has 1 N–H and O–H groups in total. The van der Waals surface area contributed by atoms with Gasteiger partial charge in [-0.1, -0.05) is 41.9 Å². The molecule has 0 aliphatic carbocycles. The van der Waals surface area contributed by atoms with E-state index < -0.39 is 0 Å². The first-order chi connectivity index (χ1) is 12.0. The quantitative estimate of drug-likeness (QED) is 0.904. The van der Waals surface area contributed by atoms with Crippen molar-refractivity contribution in [2.24, 2.45) is 7.05 Å². The predicted octanol–water partition coefficient (Wildman–Crippen LogP) is 2.21. The van der Waals surface area contributed by atoms with Crippen molar-refractivity contribution in [1.82, 2.24) is 20.0 Å². The maximum atomic E-state index is 12.2. The zero-order valence-corrected chi connectivity index (χ0v) is 14.6. The van der Waals surface area contributed by atoms with Crippen molar-refractivity contribution >= 4 is 23.6 Å². The maximum Gasteiger partial charge on any atom is 0.410 e. The molecule has 1 aliphatic rings. The second-order valence-electron chi connectivity index (χ2n) is 5.94. The third kappa shape index (κ3) is 4.30. The largest absolute Gasteiger partial charge is 0.445 e. The van der Waals surface area contributed by atoms with Crippen molar-refractivity contribution in [2.45, 2.75) is 19.1 Å². The lowest BCUT2D eigenvalue weighted by molar-refractivity contribution is 0.0917. The molecule has 1 aromatic carbocycles. The molecule has 132 valence electrons. The molecular weight excluding hydrogens is 344 g/mol. The van der Waals surface area contributed by atoms with Crippen molar-refractivity contribution in [3.05, 3.63) is 52.8 Å². The summed E-state index contributed by atoms with van der Waals surface area (Å²) in [6.07, 6.45) is 1.85. The SMILES string of the molecule is Cn1cc(Cl)c(C(=O)N[C@@H]2CCN(C(=O)OCc3ccccc3)C2)n1. The number of ether oxygens (including phenoxy) is 1. The fourth-order valence-corrected chi connectivity index (χ4v) is 2.99. The summed E-state index contributed by atoms with van der Waals surface area (Å²) in [5.41, 5.74) is 1.12. The number of aromatic nitrogens is 2. The minimum atomic E-state index is -0.378. The molecule has 0 bridgehead atoms. The number of rotatable bonds is 4. The van der Waals surface area contributed by atoms with Crippen molar-refractivity contribution in [3.8, 4) is 0 Å². The highest BCUT2D eigenvalue weighted by molar-refractivity contribution is 6.33. The van der Waals surface area contributed by atoms with E-state index in [9.17, 15) is 9.59 Å². The lowest BCUT2D eigenvalue weighted by atomic mass is 10.2. The Morgan fingerprint density at radius 2 is 2.12 bits per heavy atom. The van der Waals surface area contributed by atoms with Crippen LogP contribution >= 0.6 is 11.6 Å². The van der Waals surface area contributed by atoms with Gasteiger partial charge in [-0.3, -0.25) is 9.48 Å². The average Bonchev–Trinajstić information content (AvgIpc) is 3.19. The molecule has 0 saturated carbocycles. The monoisotopic (exact) mass is 362 g/mol. The number of carbonyl (C=O) groups excluding carboxylic acids is 2. The van der Waals surface area contributed by atoms with Crippen molar-refractivity contribution in [3.63, 3.8) is 0 Å². The fraction of sp³-hybridized carbons (Fsp3) is 0.353. The van der Waals surface area contributed by atoms with E-state index in [0.29, 0.717) is 24.5 Å². The van der Waals surface area contributed by atoms with Crippen molar-refractivity contribution < 1.29 is 14.3 Å². The smallest absolute Gasteiger partial charge is 0.410 e. The van der Waals surface area contributed by atoms with Gasteiger partial charge in [-0.15, -0.1) is 0 Å². The Bertz CT molecular complexity index is 763. The Morgan fingerprint density at radius 1 is 1.36 bits per heavy atom. The first-order valence-corrected chi connectivity index (χ1v) is 8.36. The zero-order valence-electron chi connectivity index (χ0n) is 13.8. The number of nitrogens with one attached hydrogen (secondary N) is 1. The van der Waals surface area contributed by atoms with Crippen LogP contribution in [0.4, 0.5) is 4.79 Å². The Hall–Kier alpha value is -2.54. The molecule has 0 radical (unpaired) electrons. The van der Waals surface area contributed by atoms with E-state index >= 15 is 0 Å². The molecule has 2 heterocycles. The molecule has 1 atom stereocenters. The van der Waals surface area contributed by atoms with Crippen LogP contribution in [0, 0.1) is 0 Å². The van der Waals surface area contributed by atoms with Crippen LogP contribution in [0.15, 0.2) is 36.5 Å². The summed E-state index contributed by atoms with van der Waals surface area (Å²) >= 11 is 5.98. The Labute approximate surface area is 150 Å². The fourth-order valence-electron chi connectivity index (χ4n) is 2.72. The van der Waals surface area contributed by atoms with Crippen LogP contribution in [0.5, 0.6) is 0 Å². The van der Waals surface area contributed by atoms with Crippen LogP contribution < -0.4 is 5.32 Å². The van der Waals surface area contributed by atoms with Gasteiger partial charge in [-0.05, 0) is 12.0 Å². The number of hydrogen-bond acceptors (Lipinski definition) is 4. The van der Waals surface area contributed by atoms with Gasteiger partial charge in [0, 0.05) is 32.4 Å². The molecule has 0 spiro atoms. The van der Waals surface area contributed by atoms with Gasteiger partial charge in [0.25, 0.3) is 5.91 Å². The van der Waals surface area contributed by atoms with Gasteiger partial charge in [0.1, 0.15) is 6.61 Å². The molecule has 8 heteroatoms. The van der Waals surface area contributed by atoms with E-state index in [1.54, 1.807) is 18.1 Å². The minimum absolute atomic E-state index is 0.144. The topological polar surface area (TPSA) is 76.5 Å². The molecule has 1 aromatic heterocycles. The summed E-state index contributed by atoms with van der Waals surface area (Å²) in [4.78, 5) is 25.9. The van der Waals surface area contributed by atoms with Gasteiger partial charge in [0.15, 0.2) is 5.69 Å². The van der Waals surface area contributed by atoms with E-state index in [2.05, 4.69) is 10.4 Å². The van der Waals surface area contributed by atoms with Gasteiger partial charge in [0.05, 0.1) is 5.02 Å². The Kier molecular flexibility index (Phi) is 5.23. The van der Waals surface area contributed by atoms with E-state index in [1.165, 1.54) is 4.68 Å². The second kappa shape index (κ2) is 7.57. The molecule has 3 rings (SSSR count). The van der Waals surface area contributed by atoms with Crippen molar-refractivity contribution in [2.75, 3.05) is 13.1 Å². The van der Waals surface area contributed by atoms with E-state index in [4.69, 9.17) is 16.3 Å². The van der Waals surface area contributed by atoms with Crippen LogP contribution in [-0.2, 0) is 18.4 Å². The average molecular weight is 363 g/mol. The molecule has 1 saturated heterocycles. The van der Waals surface area contributed by atoms with Gasteiger partial charge in [-0.25, -0.2) is 4.79 Å². The summed E-state index contributed by atoms with van der Waals surface area (Å²) in [6.45, 7) is 1.18. The molecule has 2 amide bonds. The third-order valence-corrected chi connectivity index (χ3v) is 4.26. The summed E-state index contributed by atoms with van der Waals surface area (Å²) < 4.78 is 6.80. The molecule has 7 nitrogen and oxygen atoms in total. The number of amides is 2. The molecule has 25 heavy (non-hydrogen) atoms. The van der Waals surface area contributed by atoms with Crippen LogP contribution in [0.2, 0.25) is 5.02 Å². The van der Waals surface area contributed by atoms with Crippen LogP contribution in [-0.4, -0.2) is 45.8 Å². The van der Waals surface area contributed by atoms with Crippen LogP contribution in [0.25, 0.3) is 0 Å². The number of halogens is 1. The van der Waals surface area contributed by atoms with E-state index in [-0.39, 0.29) is 30.3 Å². The highest BCUT2D eigenvalue weighted by Crippen LogP contribution is 2.16. The van der Waals surface area contributed by atoms with Gasteiger partial charge >= 0.3 is 6.09 Å². The summed E-state index contributed by atoms with van der Waals surface area (Å²) in [5, 5.41) is 7.20. The van der Waals surface area contributed by atoms with E-state index in [1.807, 2.05) is 30.3 Å². The molecule has 1 aliphatic heterocycles. The third-order valence-electron chi connectivity index (χ3n) is 3.99. The number of aryl methyl sites for hydroxylation is 1. The van der Waals surface area contributed by atoms with Gasteiger partial charge < -0.3 is 15.0 Å². The molecule has 2 aromatic rings. The van der Waals surface area contributed by atoms with Crippen LogP contribution in [0.3, 0.4) is 0 Å². The lowest BCUT2D eigenvalue weighted by Crippen LogP contribution is -2.38. The minimum Gasteiger partial charge on any atom is -0.445 e. The highest BCUT2D eigenvalue weighted by atomic mass is 35.5. The van der Waals surface area contributed by atoms with Gasteiger partial charge in [-0.2, -0.15) is 5.10 Å². The van der Waals surface area contributed by atoms with Crippen LogP contribution in [0.1, 0.15) is 22.5 Å². The second-order valence-corrected chi connectivity index (χ2v) is 6.35. The zero-order chi connectivity index (χ0) is 17.8. The first kappa shape index (κ1) is 17.3. The molecule has 0 unspecified atom stereocenters. The Balaban J connectivity index is 1.48. The number of nitrogens with zero attached hydrogens (tertiary/aromatic N) is 3. The highest BCUT2D eigenvalue weighted by Gasteiger charge is 2.29. The number of carbonyl (C=O) groups is 2. The van der Waals surface area contributed by atoms with E-state index in [0.717, 1.165) is 5.56 Å². The van der Waals surface area contributed by atoms with Gasteiger partial charge in [0.2, 0.25) is 0 Å². The normalized spacial score (nSPS) is 16.7. The number of hydrogen-bond donors (Lipinski definition) is 1. The first-order valence-electron chi connectivity index (χ1n) is 7.98. The summed E-state index contributed by atoms with van der Waals surface area (Å²) in [6, 6.07) is 9.36. The molecule has 1 fully saturated rings. The predicted molar refractivity (Wildman–Crippen MR) is 92.3 cm³/mol. The number of benzene rings is 1. The summed E-state index contributed by atoms with van der Waals surface area (Å²) in [7, 11) is 1.70.